The summed E-state index contributed by atoms with van der Waals surface area (Å²) in [4.78, 5) is 11.6. The van der Waals surface area contributed by atoms with E-state index in [1.165, 1.54) is 0 Å². The van der Waals surface area contributed by atoms with Crippen molar-refractivity contribution in [3.8, 4) is 11.5 Å². The molecule has 136 valence electrons. The molecule has 1 unspecified atom stereocenters. The number of ether oxygens (including phenoxy) is 3. The standard InChI is InChI=1S/C20H19ClO5/c1-12(2)25-20(23)11-24-18-10-17-15(8-16(18)21)14(9-19(22)26-17)13-6-4-3-5-7-13/h3-10,12,19,22H,11H2,1-2H3. The number of rotatable bonds is 5. The highest BCUT2D eigenvalue weighted by molar-refractivity contribution is 6.32. The summed E-state index contributed by atoms with van der Waals surface area (Å²) in [7, 11) is 0. The number of aliphatic hydroxyl groups excluding tert-OH is 1. The van der Waals surface area contributed by atoms with Crippen LogP contribution >= 0.6 is 11.6 Å². The molecule has 0 aromatic heterocycles. The van der Waals surface area contributed by atoms with Gasteiger partial charge in [-0.05, 0) is 37.1 Å². The highest BCUT2D eigenvalue weighted by atomic mass is 35.5. The Labute approximate surface area is 156 Å². The highest BCUT2D eigenvalue weighted by Crippen LogP contribution is 2.41. The van der Waals surface area contributed by atoms with Crippen molar-refractivity contribution in [3.63, 3.8) is 0 Å². The summed E-state index contributed by atoms with van der Waals surface area (Å²) in [6, 6.07) is 12.9. The molecule has 2 aromatic rings. The molecule has 0 radical (unpaired) electrons. The number of carbonyl (C=O) groups excluding carboxylic acids is 1. The molecular formula is C20H19ClO5. The zero-order chi connectivity index (χ0) is 18.7. The van der Waals surface area contributed by atoms with E-state index in [-0.39, 0.29) is 18.5 Å². The number of hydrogen-bond donors (Lipinski definition) is 1. The zero-order valence-electron chi connectivity index (χ0n) is 14.4. The molecule has 6 heteroatoms. The fraction of sp³-hybridized carbons (Fsp3) is 0.250. The minimum Gasteiger partial charge on any atom is -0.480 e. The van der Waals surface area contributed by atoms with Gasteiger partial charge >= 0.3 is 5.97 Å². The first-order chi connectivity index (χ1) is 12.4. The Morgan fingerprint density at radius 3 is 2.69 bits per heavy atom. The van der Waals surface area contributed by atoms with E-state index in [1.807, 2.05) is 30.3 Å². The van der Waals surface area contributed by atoms with E-state index in [0.29, 0.717) is 10.8 Å². The lowest BCUT2D eigenvalue weighted by Crippen LogP contribution is -2.20. The lowest BCUT2D eigenvalue weighted by atomic mass is 9.95. The minimum atomic E-state index is -1.09. The fourth-order valence-electron chi connectivity index (χ4n) is 2.65. The van der Waals surface area contributed by atoms with Gasteiger partial charge in [0.1, 0.15) is 11.5 Å². The van der Waals surface area contributed by atoms with Gasteiger partial charge in [-0.2, -0.15) is 0 Å². The summed E-state index contributed by atoms with van der Waals surface area (Å²) in [6.45, 7) is 3.26. The third kappa shape index (κ3) is 4.18. The maximum Gasteiger partial charge on any atom is 0.344 e. The number of aliphatic hydroxyl groups is 1. The van der Waals surface area contributed by atoms with Crippen molar-refractivity contribution >= 4 is 23.1 Å². The summed E-state index contributed by atoms with van der Waals surface area (Å²) in [5.41, 5.74) is 2.48. The van der Waals surface area contributed by atoms with Crippen molar-refractivity contribution in [1.29, 1.82) is 0 Å². The van der Waals surface area contributed by atoms with Gasteiger partial charge in [-0.25, -0.2) is 4.79 Å². The van der Waals surface area contributed by atoms with Gasteiger partial charge in [0.05, 0.1) is 11.1 Å². The van der Waals surface area contributed by atoms with Crippen molar-refractivity contribution in [2.45, 2.75) is 26.2 Å². The second kappa shape index (κ2) is 7.81. The summed E-state index contributed by atoms with van der Waals surface area (Å²) in [6.07, 6.45) is 0.314. The van der Waals surface area contributed by atoms with Crippen molar-refractivity contribution in [1.82, 2.24) is 0 Å². The zero-order valence-corrected chi connectivity index (χ0v) is 15.2. The normalized spacial score (nSPS) is 15.7. The molecule has 1 N–H and O–H groups in total. The molecule has 1 aliphatic rings. The number of carbonyl (C=O) groups is 1. The minimum absolute atomic E-state index is 0.220. The average molecular weight is 375 g/mol. The van der Waals surface area contributed by atoms with E-state index < -0.39 is 12.3 Å². The van der Waals surface area contributed by atoms with Crippen LogP contribution in [0.3, 0.4) is 0 Å². The van der Waals surface area contributed by atoms with Crippen LogP contribution in [0.5, 0.6) is 11.5 Å². The van der Waals surface area contributed by atoms with Crippen LogP contribution < -0.4 is 9.47 Å². The van der Waals surface area contributed by atoms with Gasteiger partial charge in [0, 0.05) is 11.6 Å². The first-order valence-corrected chi connectivity index (χ1v) is 8.60. The largest absolute Gasteiger partial charge is 0.480 e. The molecule has 1 atom stereocenters. The second-order valence-electron chi connectivity index (χ2n) is 6.06. The van der Waals surface area contributed by atoms with Gasteiger partial charge in [0.15, 0.2) is 6.61 Å². The van der Waals surface area contributed by atoms with Crippen LogP contribution in [0.2, 0.25) is 5.02 Å². The number of esters is 1. The van der Waals surface area contributed by atoms with Crippen molar-refractivity contribution in [2.75, 3.05) is 6.61 Å². The van der Waals surface area contributed by atoms with Gasteiger partial charge in [0.2, 0.25) is 6.29 Å². The Morgan fingerprint density at radius 2 is 2.00 bits per heavy atom. The Bertz CT molecular complexity index is 830. The van der Waals surface area contributed by atoms with E-state index in [0.717, 1.165) is 16.7 Å². The lowest BCUT2D eigenvalue weighted by Gasteiger charge is -2.24. The van der Waals surface area contributed by atoms with Gasteiger partial charge in [-0.1, -0.05) is 41.9 Å². The Kier molecular flexibility index (Phi) is 5.49. The Hall–Kier alpha value is -2.50. The molecular weight excluding hydrogens is 356 g/mol. The summed E-state index contributed by atoms with van der Waals surface area (Å²) in [5.74, 6) is 0.225. The predicted molar refractivity (Wildman–Crippen MR) is 98.3 cm³/mol. The van der Waals surface area contributed by atoms with Crippen molar-refractivity contribution in [2.24, 2.45) is 0 Å². The molecule has 0 amide bonds. The quantitative estimate of drug-likeness (QED) is 0.806. The van der Waals surface area contributed by atoms with Crippen LogP contribution in [-0.4, -0.2) is 30.1 Å². The molecule has 0 saturated heterocycles. The Morgan fingerprint density at radius 1 is 1.27 bits per heavy atom. The monoisotopic (exact) mass is 374 g/mol. The second-order valence-corrected chi connectivity index (χ2v) is 6.47. The van der Waals surface area contributed by atoms with Gasteiger partial charge in [-0.15, -0.1) is 0 Å². The first kappa shape index (κ1) is 18.3. The SMILES string of the molecule is CC(C)OC(=O)COc1cc2c(cc1Cl)C(c1ccccc1)=CC(O)O2. The number of hydrogen-bond acceptors (Lipinski definition) is 5. The molecule has 0 spiro atoms. The van der Waals surface area contributed by atoms with Gasteiger partial charge in [0.25, 0.3) is 0 Å². The molecule has 0 bridgehead atoms. The van der Waals surface area contributed by atoms with Crippen LogP contribution in [0.1, 0.15) is 25.0 Å². The molecule has 0 fully saturated rings. The number of halogens is 1. The first-order valence-electron chi connectivity index (χ1n) is 8.22. The summed E-state index contributed by atoms with van der Waals surface area (Å²) >= 11 is 6.32. The molecule has 3 rings (SSSR count). The van der Waals surface area contributed by atoms with Crippen LogP contribution in [0, 0.1) is 0 Å². The van der Waals surface area contributed by atoms with E-state index in [9.17, 15) is 9.90 Å². The predicted octanol–water partition coefficient (Wildman–Crippen LogP) is 3.81. The molecule has 2 aromatic carbocycles. The summed E-state index contributed by atoms with van der Waals surface area (Å²) < 4.78 is 16.0. The molecule has 0 saturated carbocycles. The molecule has 1 aliphatic heterocycles. The van der Waals surface area contributed by atoms with E-state index >= 15 is 0 Å². The highest BCUT2D eigenvalue weighted by Gasteiger charge is 2.23. The third-order valence-electron chi connectivity index (χ3n) is 3.68. The van der Waals surface area contributed by atoms with Gasteiger partial charge < -0.3 is 19.3 Å². The molecule has 0 aliphatic carbocycles. The number of benzene rings is 2. The van der Waals surface area contributed by atoms with Crippen molar-refractivity contribution < 1.29 is 24.1 Å². The van der Waals surface area contributed by atoms with Crippen molar-refractivity contribution in [3.05, 3.63) is 64.7 Å². The van der Waals surface area contributed by atoms with Crippen LogP contribution in [0.4, 0.5) is 0 Å². The third-order valence-corrected chi connectivity index (χ3v) is 3.97. The van der Waals surface area contributed by atoms with Crippen LogP contribution in [0.15, 0.2) is 48.5 Å². The maximum absolute atomic E-state index is 11.6. The number of fused-ring (bicyclic) bond motifs is 1. The van der Waals surface area contributed by atoms with E-state index in [4.69, 9.17) is 25.8 Å². The molecule has 5 nitrogen and oxygen atoms in total. The van der Waals surface area contributed by atoms with Crippen LogP contribution in [-0.2, 0) is 9.53 Å². The smallest absolute Gasteiger partial charge is 0.344 e. The van der Waals surface area contributed by atoms with Crippen LogP contribution in [0.25, 0.3) is 5.57 Å². The topological polar surface area (TPSA) is 65.0 Å². The molecule has 1 heterocycles. The lowest BCUT2D eigenvalue weighted by molar-refractivity contribution is -0.149. The Balaban J connectivity index is 1.87. The van der Waals surface area contributed by atoms with Gasteiger partial charge in [-0.3, -0.25) is 0 Å². The fourth-order valence-corrected chi connectivity index (χ4v) is 2.87. The maximum atomic E-state index is 11.6. The average Bonchev–Trinajstić information content (AvgIpc) is 2.60. The molecule has 26 heavy (non-hydrogen) atoms. The summed E-state index contributed by atoms with van der Waals surface area (Å²) in [5, 5.41) is 10.4. The van der Waals surface area contributed by atoms with E-state index in [2.05, 4.69) is 0 Å². The van der Waals surface area contributed by atoms with E-state index in [1.54, 1.807) is 32.1 Å².